The molecule has 7 heteroatoms. The summed E-state index contributed by atoms with van der Waals surface area (Å²) in [6, 6.07) is 6.25. The van der Waals surface area contributed by atoms with Gasteiger partial charge in [0, 0.05) is 19.6 Å². The van der Waals surface area contributed by atoms with Gasteiger partial charge in [-0.15, -0.1) is 0 Å². The van der Waals surface area contributed by atoms with Crippen molar-refractivity contribution in [1.29, 1.82) is 0 Å². The Bertz CT molecular complexity index is 1030. The minimum absolute atomic E-state index is 0.109. The van der Waals surface area contributed by atoms with E-state index in [9.17, 15) is 9.59 Å². The van der Waals surface area contributed by atoms with Gasteiger partial charge in [0.1, 0.15) is 5.60 Å². The maximum Gasteiger partial charge on any atom is 0.414 e. The fourth-order valence-corrected chi connectivity index (χ4v) is 5.68. The zero-order valence-corrected chi connectivity index (χ0v) is 20.6. The van der Waals surface area contributed by atoms with E-state index in [0.29, 0.717) is 0 Å². The highest BCUT2D eigenvalue weighted by Gasteiger charge is 2.66. The van der Waals surface area contributed by atoms with Gasteiger partial charge >= 0.3 is 6.09 Å². The second-order valence-corrected chi connectivity index (χ2v) is 10.7. The topological polar surface area (TPSA) is 80.2 Å². The summed E-state index contributed by atoms with van der Waals surface area (Å²) >= 11 is 0. The highest BCUT2D eigenvalue weighted by molar-refractivity contribution is 6.12. The number of ether oxygens (including phenoxy) is 2. The molecule has 7 nitrogen and oxygen atoms in total. The number of nitrogens with one attached hydrogen (secondary N) is 1. The van der Waals surface area contributed by atoms with Crippen LogP contribution >= 0.6 is 0 Å². The zero-order chi connectivity index (χ0) is 24.2. The molecule has 1 unspecified atom stereocenters. The number of carbonyl (C=O) groups excluding carboxylic acids is 2. The van der Waals surface area contributed by atoms with Gasteiger partial charge in [0.2, 0.25) is 5.96 Å². The van der Waals surface area contributed by atoms with Crippen LogP contribution in [0.4, 0.5) is 4.79 Å². The fourth-order valence-electron chi connectivity index (χ4n) is 5.68. The van der Waals surface area contributed by atoms with E-state index < -0.39 is 17.2 Å². The van der Waals surface area contributed by atoms with Crippen LogP contribution in [-0.4, -0.2) is 48.7 Å². The molecule has 1 N–H and O–H groups in total. The first-order valence-electron chi connectivity index (χ1n) is 11.6. The van der Waals surface area contributed by atoms with Crippen molar-refractivity contribution < 1.29 is 19.1 Å². The number of nitrogens with zero attached hydrogens (tertiary/aromatic N) is 2. The van der Waals surface area contributed by atoms with Crippen molar-refractivity contribution in [3.05, 3.63) is 41.5 Å². The van der Waals surface area contributed by atoms with Crippen LogP contribution < -0.4 is 5.32 Å². The summed E-state index contributed by atoms with van der Waals surface area (Å²) in [5, 5.41) is 2.73. The summed E-state index contributed by atoms with van der Waals surface area (Å²) in [5.74, 6) is 0.123. The van der Waals surface area contributed by atoms with E-state index in [-0.39, 0.29) is 23.4 Å². The smallest absolute Gasteiger partial charge is 0.414 e. The molecule has 4 rings (SSSR count). The number of aliphatic imine (C=N–C) groups is 1. The number of fused-ring (bicyclic) bond motifs is 3. The summed E-state index contributed by atoms with van der Waals surface area (Å²) in [6.45, 7) is 11.5. The molecule has 1 aromatic rings. The summed E-state index contributed by atoms with van der Waals surface area (Å²) in [4.78, 5) is 33.1. The third kappa shape index (κ3) is 3.76. The minimum atomic E-state index is -1.08. The molecule has 1 saturated carbocycles. The Morgan fingerprint density at radius 3 is 2.52 bits per heavy atom. The maximum absolute atomic E-state index is 14.0. The average Bonchev–Trinajstić information content (AvgIpc) is 3.14. The van der Waals surface area contributed by atoms with Crippen LogP contribution in [-0.2, 0) is 26.2 Å². The van der Waals surface area contributed by atoms with Gasteiger partial charge in [-0.25, -0.2) is 9.79 Å². The van der Waals surface area contributed by atoms with Crippen molar-refractivity contribution in [2.75, 3.05) is 14.2 Å². The lowest BCUT2D eigenvalue weighted by atomic mass is 9.61. The molecule has 2 amide bonds. The Kier molecular flexibility index (Phi) is 5.68. The standard InChI is InChI=1S/C26H35N3O4/c1-16(2)17-8-9-18-15-25(12-10-19(32-7)11-13-25)26(20(18)14-17)21(30)29(6)22(28-26)27-23(31)33-24(3,4)5/h8-9,14,19H,1,10-13,15H2,2-7H3,(H,27,28,31). The van der Waals surface area contributed by atoms with Gasteiger partial charge in [-0.2, -0.15) is 0 Å². The fraction of sp³-hybridized carbons (Fsp3) is 0.577. The number of amides is 2. The van der Waals surface area contributed by atoms with Crippen molar-refractivity contribution in [2.24, 2.45) is 10.4 Å². The first kappa shape index (κ1) is 23.5. The van der Waals surface area contributed by atoms with E-state index >= 15 is 0 Å². The van der Waals surface area contributed by atoms with Crippen LogP contribution in [0.1, 0.15) is 70.1 Å². The van der Waals surface area contributed by atoms with Crippen LogP contribution in [0, 0.1) is 5.41 Å². The molecule has 1 aliphatic heterocycles. The first-order valence-corrected chi connectivity index (χ1v) is 11.6. The number of guanidine groups is 1. The van der Waals surface area contributed by atoms with Gasteiger partial charge < -0.3 is 9.47 Å². The molecular formula is C26H35N3O4. The highest BCUT2D eigenvalue weighted by atomic mass is 16.6. The van der Waals surface area contributed by atoms with E-state index in [1.807, 2.05) is 6.92 Å². The number of benzene rings is 1. The molecule has 1 heterocycles. The van der Waals surface area contributed by atoms with Crippen LogP contribution in [0.15, 0.2) is 29.8 Å². The second-order valence-electron chi connectivity index (χ2n) is 10.7. The van der Waals surface area contributed by atoms with Crippen molar-refractivity contribution in [1.82, 2.24) is 10.2 Å². The molecule has 0 radical (unpaired) electrons. The lowest BCUT2D eigenvalue weighted by molar-refractivity contribution is -0.137. The number of methoxy groups -OCH3 is 1. The van der Waals surface area contributed by atoms with Gasteiger partial charge in [0.25, 0.3) is 5.91 Å². The Morgan fingerprint density at radius 2 is 1.94 bits per heavy atom. The molecule has 2 spiro atoms. The Morgan fingerprint density at radius 1 is 1.27 bits per heavy atom. The Labute approximate surface area is 196 Å². The van der Waals surface area contributed by atoms with Crippen LogP contribution in [0.5, 0.6) is 0 Å². The van der Waals surface area contributed by atoms with E-state index in [4.69, 9.17) is 14.5 Å². The summed E-state index contributed by atoms with van der Waals surface area (Å²) in [5.41, 5.74) is 1.91. The summed E-state index contributed by atoms with van der Waals surface area (Å²) in [7, 11) is 3.42. The van der Waals surface area contributed by atoms with Gasteiger partial charge in [0.15, 0.2) is 5.54 Å². The van der Waals surface area contributed by atoms with Crippen LogP contribution in [0.2, 0.25) is 0 Å². The average molecular weight is 454 g/mol. The number of rotatable bonds is 2. The monoisotopic (exact) mass is 453 g/mol. The third-order valence-electron chi connectivity index (χ3n) is 7.33. The van der Waals surface area contributed by atoms with Crippen LogP contribution in [0.3, 0.4) is 0 Å². The van der Waals surface area contributed by atoms with Crippen molar-refractivity contribution in [3.8, 4) is 0 Å². The lowest BCUT2D eigenvalue weighted by Crippen LogP contribution is -2.51. The largest absolute Gasteiger partial charge is 0.444 e. The van der Waals surface area contributed by atoms with Crippen molar-refractivity contribution >= 4 is 23.5 Å². The highest BCUT2D eigenvalue weighted by Crippen LogP contribution is 2.62. The Hall–Kier alpha value is -2.67. The minimum Gasteiger partial charge on any atom is -0.444 e. The molecule has 0 saturated heterocycles. The third-order valence-corrected chi connectivity index (χ3v) is 7.33. The van der Waals surface area contributed by atoms with E-state index in [1.165, 1.54) is 4.90 Å². The van der Waals surface area contributed by atoms with Crippen molar-refractivity contribution in [3.63, 3.8) is 0 Å². The SMILES string of the molecule is C=C(C)c1ccc2c(c1)C1(N=C(NC(=O)OC(C)(C)C)N(C)C1=O)C1(CCC(OC)CC1)C2. The molecular weight excluding hydrogens is 418 g/mol. The number of carbonyl (C=O) groups is 2. The Balaban J connectivity index is 1.82. The van der Waals surface area contributed by atoms with Gasteiger partial charge in [0.05, 0.1) is 6.10 Å². The molecule has 0 bridgehead atoms. The number of allylic oxidation sites excluding steroid dienone is 1. The van der Waals surface area contributed by atoms with Gasteiger partial charge in [-0.05, 0) is 82.6 Å². The van der Waals surface area contributed by atoms with Crippen LogP contribution in [0.25, 0.3) is 5.57 Å². The quantitative estimate of drug-likeness (QED) is 0.720. The number of alkyl carbamates (subject to hydrolysis) is 1. The normalized spacial score (nSPS) is 28.8. The molecule has 0 aromatic heterocycles. The van der Waals surface area contributed by atoms with Crippen molar-refractivity contribution in [2.45, 2.75) is 77.0 Å². The van der Waals surface area contributed by atoms with E-state index in [0.717, 1.165) is 54.4 Å². The molecule has 33 heavy (non-hydrogen) atoms. The molecule has 178 valence electrons. The first-order chi connectivity index (χ1) is 15.4. The van der Waals surface area contributed by atoms with Gasteiger partial charge in [-0.1, -0.05) is 24.3 Å². The number of hydrogen-bond acceptors (Lipinski definition) is 5. The predicted octanol–water partition coefficient (Wildman–Crippen LogP) is 4.40. The molecule has 1 fully saturated rings. The maximum atomic E-state index is 14.0. The van der Waals surface area contributed by atoms with E-state index in [1.54, 1.807) is 34.9 Å². The molecule has 2 aliphatic carbocycles. The summed E-state index contributed by atoms with van der Waals surface area (Å²) < 4.78 is 11.0. The molecule has 1 atom stereocenters. The zero-order valence-electron chi connectivity index (χ0n) is 20.6. The summed E-state index contributed by atoms with van der Waals surface area (Å²) in [6.07, 6.45) is 3.75. The lowest BCUT2D eigenvalue weighted by Gasteiger charge is -2.45. The number of hydrogen-bond donors (Lipinski definition) is 1. The second kappa shape index (κ2) is 7.97. The molecule has 1 aromatic carbocycles. The van der Waals surface area contributed by atoms with E-state index in [2.05, 4.69) is 30.1 Å². The number of likely N-dealkylation sites (N-methyl/N-ethyl adjacent to an activating group) is 1. The predicted molar refractivity (Wildman–Crippen MR) is 128 cm³/mol. The van der Waals surface area contributed by atoms with Gasteiger partial charge in [-0.3, -0.25) is 15.0 Å². The molecule has 3 aliphatic rings.